The zero-order valence-electron chi connectivity index (χ0n) is 14.4. The lowest BCUT2D eigenvalue weighted by atomic mass is 9.89. The molecule has 2 N–H and O–H groups in total. The molecule has 0 bridgehead atoms. The molecule has 23 heavy (non-hydrogen) atoms. The molecule has 0 atom stereocenters. The van der Waals surface area contributed by atoms with E-state index in [1.54, 1.807) is 7.05 Å². The van der Waals surface area contributed by atoms with Gasteiger partial charge in [-0.1, -0.05) is 6.92 Å². The number of nitrogens with zero attached hydrogens (tertiary/aromatic N) is 1. The average Bonchev–Trinajstić information content (AvgIpc) is 2.52. The Morgan fingerprint density at radius 2 is 1.96 bits per heavy atom. The van der Waals surface area contributed by atoms with E-state index in [9.17, 15) is 0 Å². The molecule has 2 fully saturated rings. The van der Waals surface area contributed by atoms with Crippen LogP contribution in [0.25, 0.3) is 0 Å². The molecule has 0 aromatic rings. The summed E-state index contributed by atoms with van der Waals surface area (Å²) in [4.78, 5) is 4.24. The number of ether oxygens (including phenoxy) is 3. The van der Waals surface area contributed by atoms with E-state index in [-0.39, 0.29) is 29.4 Å². The minimum atomic E-state index is 0. The molecule has 0 radical (unpaired) electrons. The summed E-state index contributed by atoms with van der Waals surface area (Å²) < 4.78 is 16.4. The number of hydrogen-bond donors (Lipinski definition) is 2. The van der Waals surface area contributed by atoms with Gasteiger partial charge in [-0.05, 0) is 25.2 Å². The number of nitrogens with one attached hydrogen (secondary N) is 2. The maximum Gasteiger partial charge on any atom is 0.191 e. The van der Waals surface area contributed by atoms with Crippen LogP contribution in [0.3, 0.4) is 0 Å². The fraction of sp³-hybridized carbons (Fsp3) is 0.938. The smallest absolute Gasteiger partial charge is 0.191 e. The molecule has 0 aromatic heterocycles. The highest BCUT2D eigenvalue weighted by Crippen LogP contribution is 2.24. The van der Waals surface area contributed by atoms with Crippen molar-refractivity contribution in [1.82, 2.24) is 10.6 Å². The highest BCUT2D eigenvalue weighted by Gasteiger charge is 2.33. The van der Waals surface area contributed by atoms with Crippen molar-refractivity contribution in [2.24, 2.45) is 16.3 Å². The van der Waals surface area contributed by atoms with Crippen molar-refractivity contribution in [2.75, 3.05) is 59.8 Å². The molecule has 136 valence electrons. The van der Waals surface area contributed by atoms with Crippen LogP contribution in [-0.4, -0.2) is 65.7 Å². The Bertz CT molecular complexity index is 345. The molecule has 0 unspecified atom stereocenters. The molecule has 0 saturated carbocycles. The zero-order valence-corrected chi connectivity index (χ0v) is 16.8. The van der Waals surface area contributed by atoms with Crippen molar-refractivity contribution in [3.63, 3.8) is 0 Å². The summed E-state index contributed by atoms with van der Waals surface area (Å²) in [6.07, 6.45) is 3.26. The fourth-order valence-electron chi connectivity index (χ4n) is 2.61. The second kappa shape index (κ2) is 11.4. The maximum absolute atomic E-state index is 5.76. The van der Waals surface area contributed by atoms with Crippen LogP contribution in [0.4, 0.5) is 0 Å². The van der Waals surface area contributed by atoms with E-state index < -0.39 is 0 Å². The monoisotopic (exact) mass is 441 g/mol. The molecule has 2 aliphatic heterocycles. The van der Waals surface area contributed by atoms with Gasteiger partial charge in [-0.25, -0.2) is 0 Å². The first-order valence-corrected chi connectivity index (χ1v) is 8.40. The Morgan fingerprint density at radius 1 is 1.22 bits per heavy atom. The Morgan fingerprint density at radius 3 is 2.57 bits per heavy atom. The van der Waals surface area contributed by atoms with Crippen molar-refractivity contribution in [3.05, 3.63) is 0 Å². The first kappa shape index (κ1) is 20.9. The average molecular weight is 441 g/mol. The lowest BCUT2D eigenvalue weighted by Crippen LogP contribution is -2.51. The maximum atomic E-state index is 5.76. The van der Waals surface area contributed by atoms with Gasteiger partial charge in [0.15, 0.2) is 5.96 Å². The van der Waals surface area contributed by atoms with Crippen molar-refractivity contribution in [3.8, 4) is 0 Å². The van der Waals surface area contributed by atoms with Crippen molar-refractivity contribution >= 4 is 29.9 Å². The van der Waals surface area contributed by atoms with Crippen LogP contribution in [0.1, 0.15) is 26.2 Å². The Kier molecular flexibility index (Phi) is 10.4. The van der Waals surface area contributed by atoms with Crippen LogP contribution in [0.2, 0.25) is 0 Å². The predicted molar refractivity (Wildman–Crippen MR) is 103 cm³/mol. The summed E-state index contributed by atoms with van der Waals surface area (Å²) in [6.45, 7) is 9.10. The summed E-state index contributed by atoms with van der Waals surface area (Å²) in [5.41, 5.74) is 0.254. The Labute approximate surface area is 157 Å². The molecule has 2 rings (SSSR count). The quantitative estimate of drug-likeness (QED) is 0.260. The van der Waals surface area contributed by atoms with E-state index >= 15 is 0 Å². The summed E-state index contributed by atoms with van der Waals surface area (Å²) in [5, 5.41) is 6.69. The molecular weight excluding hydrogens is 409 g/mol. The third-order valence-corrected chi connectivity index (χ3v) is 4.26. The number of hydrogen-bond acceptors (Lipinski definition) is 4. The van der Waals surface area contributed by atoms with E-state index in [1.807, 2.05) is 0 Å². The van der Waals surface area contributed by atoms with E-state index in [0.717, 1.165) is 78.0 Å². The molecule has 0 aromatic carbocycles. The summed E-state index contributed by atoms with van der Waals surface area (Å²) >= 11 is 0. The van der Waals surface area contributed by atoms with Gasteiger partial charge in [0.25, 0.3) is 0 Å². The van der Waals surface area contributed by atoms with E-state index in [2.05, 4.69) is 22.5 Å². The molecule has 6 nitrogen and oxygen atoms in total. The second-order valence-electron chi connectivity index (χ2n) is 6.64. The van der Waals surface area contributed by atoms with Gasteiger partial charge < -0.3 is 24.8 Å². The number of aliphatic imine (C=N–C) groups is 1. The standard InChI is InChI=1S/C16H31N3O3.HI/c1-16(12-22-13-16)11-19-15(17-2)18-6-3-7-21-10-14-4-8-20-9-5-14;/h14H,3-13H2,1-2H3,(H2,17,18,19);1H. The van der Waals surface area contributed by atoms with Gasteiger partial charge in [-0.2, -0.15) is 0 Å². The van der Waals surface area contributed by atoms with Crippen LogP contribution < -0.4 is 10.6 Å². The molecule has 7 heteroatoms. The van der Waals surface area contributed by atoms with Crippen molar-refractivity contribution in [2.45, 2.75) is 26.2 Å². The van der Waals surface area contributed by atoms with E-state index in [4.69, 9.17) is 14.2 Å². The molecule has 2 saturated heterocycles. The van der Waals surface area contributed by atoms with E-state index in [1.165, 1.54) is 0 Å². The summed E-state index contributed by atoms with van der Waals surface area (Å²) in [7, 11) is 1.80. The topological polar surface area (TPSA) is 64.1 Å². The lowest BCUT2D eigenvalue weighted by molar-refractivity contribution is -0.0971. The van der Waals surface area contributed by atoms with Crippen molar-refractivity contribution < 1.29 is 14.2 Å². The molecule has 0 spiro atoms. The SMILES string of the molecule is CN=C(NCCCOCC1CCOCC1)NCC1(C)COC1.I. The highest BCUT2D eigenvalue weighted by molar-refractivity contribution is 14.0. The van der Waals surface area contributed by atoms with Crippen LogP contribution in [0, 0.1) is 11.3 Å². The van der Waals surface area contributed by atoms with Crippen LogP contribution >= 0.6 is 24.0 Å². The third-order valence-electron chi connectivity index (χ3n) is 4.26. The Hall–Kier alpha value is -0.120. The lowest BCUT2D eigenvalue weighted by Gasteiger charge is -2.38. The molecule has 0 aliphatic carbocycles. The predicted octanol–water partition coefficient (Wildman–Crippen LogP) is 1.64. The normalized spacial score (nSPS) is 21.2. The molecule has 2 aliphatic rings. The third kappa shape index (κ3) is 8.00. The number of guanidine groups is 1. The number of rotatable bonds is 8. The van der Waals surface area contributed by atoms with Crippen LogP contribution in [-0.2, 0) is 14.2 Å². The van der Waals surface area contributed by atoms with Crippen LogP contribution in [0.5, 0.6) is 0 Å². The van der Waals surface area contributed by atoms with Gasteiger partial charge in [-0.15, -0.1) is 24.0 Å². The summed E-state index contributed by atoms with van der Waals surface area (Å²) in [6, 6.07) is 0. The van der Waals surface area contributed by atoms with Gasteiger partial charge in [0, 0.05) is 52.0 Å². The van der Waals surface area contributed by atoms with Gasteiger partial charge in [0.05, 0.1) is 13.2 Å². The minimum Gasteiger partial charge on any atom is -0.381 e. The van der Waals surface area contributed by atoms with Gasteiger partial charge in [0.1, 0.15) is 0 Å². The van der Waals surface area contributed by atoms with Gasteiger partial charge in [0.2, 0.25) is 0 Å². The largest absolute Gasteiger partial charge is 0.381 e. The number of halogens is 1. The first-order valence-electron chi connectivity index (χ1n) is 8.40. The minimum absolute atomic E-state index is 0. The highest BCUT2D eigenvalue weighted by atomic mass is 127. The van der Waals surface area contributed by atoms with Crippen LogP contribution in [0.15, 0.2) is 4.99 Å². The summed E-state index contributed by atoms with van der Waals surface area (Å²) in [5.74, 6) is 1.54. The first-order chi connectivity index (χ1) is 10.7. The Balaban J connectivity index is 0.00000264. The van der Waals surface area contributed by atoms with Gasteiger partial charge in [-0.3, -0.25) is 4.99 Å². The molecule has 2 heterocycles. The van der Waals surface area contributed by atoms with Gasteiger partial charge >= 0.3 is 0 Å². The molecule has 0 amide bonds. The zero-order chi connectivity index (χ0) is 15.7. The molecular formula is C16H32IN3O3. The van der Waals surface area contributed by atoms with Crippen molar-refractivity contribution in [1.29, 1.82) is 0 Å². The second-order valence-corrected chi connectivity index (χ2v) is 6.64. The van der Waals surface area contributed by atoms with E-state index in [0.29, 0.717) is 5.92 Å². The fourth-order valence-corrected chi connectivity index (χ4v) is 2.61.